The maximum absolute atomic E-state index is 12.1. The summed E-state index contributed by atoms with van der Waals surface area (Å²) >= 11 is 0. The van der Waals surface area contributed by atoms with E-state index in [2.05, 4.69) is 5.32 Å². The van der Waals surface area contributed by atoms with Gasteiger partial charge in [0.1, 0.15) is 6.04 Å². The third-order valence-electron chi connectivity index (χ3n) is 3.15. The van der Waals surface area contributed by atoms with E-state index >= 15 is 0 Å². The molecular formula is C16H16N2O3. The minimum atomic E-state index is -0.645. The second kappa shape index (κ2) is 6.65. The molecule has 1 N–H and O–H groups in total. The smallest absolute Gasteiger partial charge is 0.251 e. The highest BCUT2D eigenvalue weighted by molar-refractivity contribution is 5.94. The highest BCUT2D eigenvalue weighted by Gasteiger charge is 2.20. The SMILES string of the molecule is Cc1ccc(C(C[N+](=O)[O-])NC(=O)c2ccccc2)cc1. The van der Waals surface area contributed by atoms with E-state index in [0.29, 0.717) is 5.56 Å². The van der Waals surface area contributed by atoms with Gasteiger partial charge in [-0.2, -0.15) is 0 Å². The Balaban J connectivity index is 2.18. The molecular weight excluding hydrogens is 268 g/mol. The van der Waals surface area contributed by atoms with Gasteiger partial charge in [0.25, 0.3) is 5.91 Å². The molecule has 5 nitrogen and oxygen atoms in total. The Labute approximate surface area is 122 Å². The highest BCUT2D eigenvalue weighted by Crippen LogP contribution is 2.15. The number of nitro groups is 1. The van der Waals surface area contributed by atoms with E-state index in [1.165, 1.54) is 0 Å². The van der Waals surface area contributed by atoms with Crippen LogP contribution in [-0.2, 0) is 0 Å². The van der Waals surface area contributed by atoms with E-state index in [-0.39, 0.29) is 12.5 Å². The zero-order valence-corrected chi connectivity index (χ0v) is 11.7. The van der Waals surface area contributed by atoms with Crippen LogP contribution >= 0.6 is 0 Å². The number of carbonyl (C=O) groups is 1. The van der Waals surface area contributed by atoms with Crippen LogP contribution in [-0.4, -0.2) is 17.4 Å². The van der Waals surface area contributed by atoms with E-state index in [4.69, 9.17) is 0 Å². The molecule has 0 bridgehead atoms. The molecule has 0 aromatic heterocycles. The monoisotopic (exact) mass is 284 g/mol. The van der Waals surface area contributed by atoms with Gasteiger partial charge in [-0.05, 0) is 24.6 Å². The minimum Gasteiger partial charge on any atom is -0.339 e. The Bertz CT molecular complexity index is 624. The summed E-state index contributed by atoms with van der Waals surface area (Å²) in [5.41, 5.74) is 2.27. The van der Waals surface area contributed by atoms with Crippen LogP contribution in [0.4, 0.5) is 0 Å². The van der Waals surface area contributed by atoms with Gasteiger partial charge >= 0.3 is 0 Å². The summed E-state index contributed by atoms with van der Waals surface area (Å²) in [5, 5.41) is 13.5. The van der Waals surface area contributed by atoms with Gasteiger partial charge in [0.15, 0.2) is 0 Å². The summed E-state index contributed by atoms with van der Waals surface area (Å²) in [6.45, 7) is 1.59. The molecule has 0 heterocycles. The van der Waals surface area contributed by atoms with E-state index in [9.17, 15) is 14.9 Å². The highest BCUT2D eigenvalue weighted by atomic mass is 16.6. The molecule has 0 aliphatic rings. The molecule has 0 saturated carbocycles. The fourth-order valence-electron chi connectivity index (χ4n) is 2.01. The second-order valence-corrected chi connectivity index (χ2v) is 4.82. The predicted molar refractivity (Wildman–Crippen MR) is 79.7 cm³/mol. The van der Waals surface area contributed by atoms with Crippen molar-refractivity contribution < 1.29 is 9.72 Å². The van der Waals surface area contributed by atoms with Crippen LogP contribution in [0.15, 0.2) is 54.6 Å². The molecule has 108 valence electrons. The Morgan fingerprint density at radius 3 is 2.33 bits per heavy atom. The molecule has 0 spiro atoms. The third kappa shape index (κ3) is 4.14. The molecule has 0 radical (unpaired) electrons. The Kier molecular flexibility index (Phi) is 4.66. The first-order valence-electron chi connectivity index (χ1n) is 6.60. The Hall–Kier alpha value is -2.69. The fraction of sp³-hybridized carbons (Fsp3) is 0.188. The molecule has 1 amide bonds. The lowest BCUT2D eigenvalue weighted by molar-refractivity contribution is -0.484. The van der Waals surface area contributed by atoms with Gasteiger partial charge in [0, 0.05) is 10.5 Å². The molecule has 0 saturated heterocycles. The molecule has 5 heteroatoms. The number of carbonyl (C=O) groups excluding carboxylic acids is 1. The lowest BCUT2D eigenvalue weighted by Crippen LogP contribution is -2.33. The van der Waals surface area contributed by atoms with Crippen molar-refractivity contribution in [1.29, 1.82) is 0 Å². The summed E-state index contributed by atoms with van der Waals surface area (Å²) in [7, 11) is 0. The Morgan fingerprint density at radius 2 is 1.76 bits per heavy atom. The second-order valence-electron chi connectivity index (χ2n) is 4.82. The summed E-state index contributed by atoms with van der Waals surface area (Å²) in [5.74, 6) is -0.317. The molecule has 0 fully saturated rings. The van der Waals surface area contributed by atoms with Crippen molar-refractivity contribution in [3.63, 3.8) is 0 Å². The fourth-order valence-corrected chi connectivity index (χ4v) is 2.01. The van der Waals surface area contributed by atoms with Crippen LogP contribution in [0.5, 0.6) is 0 Å². The predicted octanol–water partition coefficient (Wildman–Crippen LogP) is 2.74. The third-order valence-corrected chi connectivity index (χ3v) is 3.15. The molecule has 0 aliphatic heterocycles. The molecule has 2 aromatic rings. The van der Waals surface area contributed by atoms with Crippen LogP contribution < -0.4 is 5.32 Å². The number of hydrogen-bond donors (Lipinski definition) is 1. The lowest BCUT2D eigenvalue weighted by atomic mass is 10.0. The van der Waals surface area contributed by atoms with Crippen molar-refractivity contribution >= 4 is 5.91 Å². The lowest BCUT2D eigenvalue weighted by Gasteiger charge is -2.15. The first-order valence-corrected chi connectivity index (χ1v) is 6.60. The summed E-state index contributed by atoms with van der Waals surface area (Å²) < 4.78 is 0. The van der Waals surface area contributed by atoms with Crippen molar-refractivity contribution in [2.75, 3.05) is 6.54 Å². The van der Waals surface area contributed by atoms with Crippen molar-refractivity contribution in [3.8, 4) is 0 Å². The van der Waals surface area contributed by atoms with Gasteiger partial charge in [0.05, 0.1) is 0 Å². The molecule has 1 unspecified atom stereocenters. The zero-order chi connectivity index (χ0) is 15.2. The van der Waals surface area contributed by atoms with Gasteiger partial charge in [-0.25, -0.2) is 0 Å². The minimum absolute atomic E-state index is 0.317. The molecule has 2 aromatic carbocycles. The van der Waals surface area contributed by atoms with Gasteiger partial charge in [-0.1, -0.05) is 48.0 Å². The standard InChI is InChI=1S/C16H16N2O3/c1-12-7-9-13(10-8-12)15(11-18(20)21)17-16(19)14-5-3-2-4-6-14/h2-10,15H,11H2,1H3,(H,17,19). The number of rotatable bonds is 5. The van der Waals surface area contributed by atoms with E-state index < -0.39 is 11.0 Å². The van der Waals surface area contributed by atoms with Crippen molar-refractivity contribution in [3.05, 3.63) is 81.4 Å². The largest absolute Gasteiger partial charge is 0.339 e. The van der Waals surface area contributed by atoms with Crippen LogP contribution in [0, 0.1) is 17.0 Å². The van der Waals surface area contributed by atoms with Gasteiger partial charge in [0.2, 0.25) is 6.54 Å². The van der Waals surface area contributed by atoms with E-state index in [1.54, 1.807) is 36.4 Å². The number of hydrogen-bond acceptors (Lipinski definition) is 3. The first-order chi connectivity index (χ1) is 10.1. The van der Waals surface area contributed by atoms with Crippen molar-refractivity contribution in [1.82, 2.24) is 5.32 Å². The molecule has 2 rings (SSSR count). The van der Waals surface area contributed by atoms with E-state index in [0.717, 1.165) is 11.1 Å². The van der Waals surface area contributed by atoms with Crippen LogP contribution in [0.25, 0.3) is 0 Å². The maximum Gasteiger partial charge on any atom is 0.251 e. The average molecular weight is 284 g/mol. The number of amides is 1. The first kappa shape index (κ1) is 14.7. The number of benzene rings is 2. The van der Waals surface area contributed by atoms with Gasteiger partial charge in [-0.3, -0.25) is 14.9 Å². The quantitative estimate of drug-likeness (QED) is 0.677. The summed E-state index contributed by atoms with van der Waals surface area (Å²) in [4.78, 5) is 22.5. The van der Waals surface area contributed by atoms with Crippen molar-refractivity contribution in [2.24, 2.45) is 0 Å². The normalized spacial score (nSPS) is 11.7. The average Bonchev–Trinajstić information content (AvgIpc) is 2.48. The number of aryl methyl sites for hydroxylation is 1. The van der Waals surface area contributed by atoms with Crippen LogP contribution in [0.2, 0.25) is 0 Å². The number of nitrogens with zero attached hydrogens (tertiary/aromatic N) is 1. The molecule has 0 aliphatic carbocycles. The van der Waals surface area contributed by atoms with E-state index in [1.807, 2.05) is 25.1 Å². The Morgan fingerprint density at radius 1 is 1.14 bits per heavy atom. The van der Waals surface area contributed by atoms with Gasteiger partial charge < -0.3 is 5.32 Å². The molecule has 21 heavy (non-hydrogen) atoms. The zero-order valence-electron chi connectivity index (χ0n) is 11.7. The maximum atomic E-state index is 12.1. The van der Waals surface area contributed by atoms with Crippen LogP contribution in [0.1, 0.15) is 27.5 Å². The molecule has 1 atom stereocenters. The number of nitrogens with one attached hydrogen (secondary N) is 1. The summed E-state index contributed by atoms with van der Waals surface area (Å²) in [6.07, 6.45) is 0. The summed E-state index contributed by atoms with van der Waals surface area (Å²) in [6, 6.07) is 15.4. The van der Waals surface area contributed by atoms with Crippen LogP contribution in [0.3, 0.4) is 0 Å². The topological polar surface area (TPSA) is 72.2 Å². The van der Waals surface area contributed by atoms with Gasteiger partial charge in [-0.15, -0.1) is 0 Å². The van der Waals surface area contributed by atoms with Crippen molar-refractivity contribution in [2.45, 2.75) is 13.0 Å².